The highest BCUT2D eigenvalue weighted by Gasteiger charge is 2.47. The van der Waals surface area contributed by atoms with Gasteiger partial charge in [-0.3, -0.25) is 4.79 Å². The molecule has 1 heterocycles. The van der Waals surface area contributed by atoms with E-state index in [-0.39, 0.29) is 22.9 Å². The third kappa shape index (κ3) is 3.87. The maximum atomic E-state index is 12.9. The molecule has 0 unspecified atom stereocenters. The quantitative estimate of drug-likeness (QED) is 0.807. The number of benzene rings is 1. The van der Waals surface area contributed by atoms with Crippen LogP contribution < -0.4 is 5.32 Å². The SMILES string of the molecule is CC(=O)N1C[C@H](S(=O)(=O)c2ccccc2Cl)C[C@@H]1OC(=O)NC1(C#N)CC1. The highest BCUT2D eigenvalue weighted by molar-refractivity contribution is 7.92. The van der Waals surface area contributed by atoms with Gasteiger partial charge in [-0.15, -0.1) is 0 Å². The summed E-state index contributed by atoms with van der Waals surface area (Å²) in [6.07, 6.45) is -0.882. The predicted octanol–water partition coefficient (Wildman–Crippen LogP) is 1.84. The van der Waals surface area contributed by atoms with E-state index in [1.165, 1.54) is 24.0 Å². The van der Waals surface area contributed by atoms with Crippen molar-refractivity contribution in [2.75, 3.05) is 6.54 Å². The minimum absolute atomic E-state index is 0.0216. The van der Waals surface area contributed by atoms with Gasteiger partial charge >= 0.3 is 6.09 Å². The summed E-state index contributed by atoms with van der Waals surface area (Å²) >= 11 is 6.02. The third-order valence-corrected chi connectivity index (χ3v) is 7.38. The van der Waals surface area contributed by atoms with Gasteiger partial charge in [0.25, 0.3) is 0 Å². The summed E-state index contributed by atoms with van der Waals surface area (Å²) < 4.78 is 31.1. The van der Waals surface area contributed by atoms with Crippen molar-refractivity contribution in [1.82, 2.24) is 10.2 Å². The lowest BCUT2D eigenvalue weighted by atomic mass is 10.3. The Morgan fingerprint density at radius 2 is 2.04 bits per heavy atom. The number of sulfone groups is 1. The molecule has 144 valence electrons. The topological polar surface area (TPSA) is 117 Å². The lowest BCUT2D eigenvalue weighted by Crippen LogP contribution is -2.42. The third-order valence-electron chi connectivity index (χ3n) is 4.75. The molecule has 1 aromatic rings. The average molecular weight is 412 g/mol. The Bertz CT molecular complexity index is 923. The molecule has 1 saturated heterocycles. The Morgan fingerprint density at radius 3 is 2.59 bits per heavy atom. The molecule has 27 heavy (non-hydrogen) atoms. The van der Waals surface area contributed by atoms with Crippen molar-refractivity contribution < 1.29 is 22.7 Å². The van der Waals surface area contributed by atoms with Gasteiger partial charge in [0.1, 0.15) is 5.54 Å². The van der Waals surface area contributed by atoms with Crippen molar-refractivity contribution in [2.24, 2.45) is 0 Å². The van der Waals surface area contributed by atoms with E-state index >= 15 is 0 Å². The molecule has 0 radical (unpaired) electrons. The molecule has 2 fully saturated rings. The normalized spacial score (nSPS) is 23.4. The summed E-state index contributed by atoms with van der Waals surface area (Å²) in [6, 6.07) is 8.07. The number of nitrogens with one attached hydrogen (secondary N) is 1. The van der Waals surface area contributed by atoms with E-state index in [4.69, 9.17) is 21.6 Å². The van der Waals surface area contributed by atoms with Gasteiger partial charge in [-0.2, -0.15) is 5.26 Å². The number of rotatable bonds is 4. The van der Waals surface area contributed by atoms with Crippen LogP contribution in [-0.2, 0) is 19.4 Å². The molecule has 1 aliphatic heterocycles. The van der Waals surface area contributed by atoms with Crippen LogP contribution in [0.15, 0.2) is 29.2 Å². The molecular formula is C17H18ClN3O5S. The van der Waals surface area contributed by atoms with Crippen LogP contribution in [0.5, 0.6) is 0 Å². The van der Waals surface area contributed by atoms with E-state index in [0.29, 0.717) is 12.8 Å². The molecule has 1 aromatic carbocycles. The highest BCUT2D eigenvalue weighted by atomic mass is 35.5. The maximum Gasteiger partial charge on any atom is 0.410 e. The fourth-order valence-electron chi connectivity index (χ4n) is 3.02. The van der Waals surface area contributed by atoms with Crippen LogP contribution in [0.3, 0.4) is 0 Å². The van der Waals surface area contributed by atoms with Crippen molar-refractivity contribution in [1.29, 1.82) is 5.26 Å². The van der Waals surface area contributed by atoms with Gasteiger partial charge in [0.05, 0.1) is 21.2 Å². The fourth-order valence-corrected chi connectivity index (χ4v) is 5.23. The van der Waals surface area contributed by atoms with Crippen LogP contribution >= 0.6 is 11.6 Å². The Kier molecular flexibility index (Phi) is 5.06. The summed E-state index contributed by atoms with van der Waals surface area (Å²) in [5.74, 6) is -0.411. The van der Waals surface area contributed by atoms with Crippen LogP contribution in [0.4, 0.5) is 4.79 Å². The Hall–Kier alpha value is -2.31. The largest absolute Gasteiger partial charge is 0.425 e. The molecule has 1 aliphatic carbocycles. The number of hydrogen-bond donors (Lipinski definition) is 1. The summed E-state index contributed by atoms with van der Waals surface area (Å²) in [7, 11) is -3.82. The first-order chi connectivity index (χ1) is 12.7. The van der Waals surface area contributed by atoms with Crippen molar-refractivity contribution in [2.45, 2.75) is 48.1 Å². The van der Waals surface area contributed by atoms with E-state index in [1.807, 2.05) is 6.07 Å². The van der Waals surface area contributed by atoms with Crippen molar-refractivity contribution in [3.63, 3.8) is 0 Å². The second-order valence-corrected chi connectivity index (χ2v) is 9.29. The van der Waals surface area contributed by atoms with Crippen LogP contribution in [0, 0.1) is 11.3 Å². The predicted molar refractivity (Wildman–Crippen MR) is 95.4 cm³/mol. The zero-order chi connectivity index (χ0) is 19.8. The number of carbonyl (C=O) groups is 2. The van der Waals surface area contributed by atoms with E-state index < -0.39 is 38.9 Å². The van der Waals surface area contributed by atoms with E-state index in [1.54, 1.807) is 12.1 Å². The molecule has 10 heteroatoms. The first kappa shape index (κ1) is 19.5. The number of carbonyl (C=O) groups excluding carboxylic acids is 2. The standard InChI is InChI=1S/C17H18ClN3O5S/c1-11(22)21-9-12(27(24,25)14-5-3-2-4-13(14)18)8-15(21)26-16(23)20-17(10-19)6-7-17/h2-5,12,15H,6-9H2,1H3,(H,20,23)/t12-,15+/m1/s1. The number of likely N-dealkylation sites (tertiary alicyclic amines) is 1. The summed E-state index contributed by atoms with van der Waals surface area (Å²) in [4.78, 5) is 25.2. The van der Waals surface area contributed by atoms with E-state index in [9.17, 15) is 18.0 Å². The lowest BCUT2D eigenvalue weighted by Gasteiger charge is -2.23. The second-order valence-electron chi connectivity index (χ2n) is 6.68. The number of alkyl carbamates (subject to hydrolysis) is 1. The smallest absolute Gasteiger partial charge is 0.410 e. The van der Waals surface area contributed by atoms with E-state index in [2.05, 4.69) is 5.32 Å². The monoisotopic (exact) mass is 411 g/mol. The molecule has 8 nitrogen and oxygen atoms in total. The molecule has 2 atom stereocenters. The number of ether oxygens (including phenoxy) is 1. The van der Waals surface area contributed by atoms with Gasteiger partial charge in [-0.05, 0) is 25.0 Å². The molecule has 1 saturated carbocycles. The molecule has 2 aliphatic rings. The molecule has 2 amide bonds. The molecule has 0 aromatic heterocycles. The van der Waals surface area contributed by atoms with Gasteiger partial charge in [0.15, 0.2) is 16.1 Å². The van der Waals surface area contributed by atoms with Crippen molar-refractivity contribution >= 4 is 33.4 Å². The van der Waals surface area contributed by atoms with Crippen LogP contribution in [-0.4, -0.2) is 48.9 Å². The van der Waals surface area contributed by atoms with Gasteiger partial charge in [0.2, 0.25) is 5.91 Å². The summed E-state index contributed by atoms with van der Waals surface area (Å²) in [6.45, 7) is 1.17. The molecule has 1 N–H and O–H groups in total. The Morgan fingerprint density at radius 1 is 1.37 bits per heavy atom. The zero-order valence-corrected chi connectivity index (χ0v) is 16.1. The Labute approximate surface area is 162 Å². The van der Waals surface area contributed by atoms with E-state index in [0.717, 1.165) is 0 Å². The van der Waals surface area contributed by atoms with Crippen molar-refractivity contribution in [3.05, 3.63) is 29.3 Å². The van der Waals surface area contributed by atoms with Gasteiger partial charge in [-0.1, -0.05) is 23.7 Å². The first-order valence-electron chi connectivity index (χ1n) is 8.34. The molecule has 3 rings (SSSR count). The number of halogens is 1. The fraction of sp³-hybridized carbons (Fsp3) is 0.471. The average Bonchev–Trinajstić information content (AvgIpc) is 3.23. The van der Waals surface area contributed by atoms with Crippen LogP contribution in [0.2, 0.25) is 5.02 Å². The van der Waals surface area contributed by atoms with Gasteiger partial charge < -0.3 is 15.0 Å². The highest BCUT2D eigenvalue weighted by Crippen LogP contribution is 2.35. The number of nitrogens with zero attached hydrogens (tertiary/aromatic N) is 2. The van der Waals surface area contributed by atoms with Gasteiger partial charge in [0, 0.05) is 19.9 Å². The molecule has 0 bridgehead atoms. The Balaban J connectivity index is 1.77. The maximum absolute atomic E-state index is 12.9. The minimum Gasteiger partial charge on any atom is -0.425 e. The lowest BCUT2D eigenvalue weighted by molar-refractivity contribution is -0.135. The van der Waals surface area contributed by atoms with Crippen molar-refractivity contribution in [3.8, 4) is 6.07 Å². The second kappa shape index (κ2) is 7.02. The number of amides is 2. The number of hydrogen-bond acceptors (Lipinski definition) is 6. The summed E-state index contributed by atoms with van der Waals surface area (Å²) in [5, 5.41) is 10.6. The summed E-state index contributed by atoms with van der Waals surface area (Å²) in [5.41, 5.74) is -0.917. The minimum atomic E-state index is -3.82. The number of nitriles is 1. The van der Waals surface area contributed by atoms with Crippen LogP contribution in [0.25, 0.3) is 0 Å². The van der Waals surface area contributed by atoms with Gasteiger partial charge in [-0.25, -0.2) is 13.2 Å². The van der Waals surface area contributed by atoms with Crippen LogP contribution in [0.1, 0.15) is 26.2 Å². The molecular weight excluding hydrogens is 394 g/mol. The molecule has 0 spiro atoms. The zero-order valence-electron chi connectivity index (χ0n) is 14.5. The first-order valence-corrected chi connectivity index (χ1v) is 10.3.